The highest BCUT2D eigenvalue weighted by Gasteiger charge is 2.33. The number of rotatable bonds is 2. The highest BCUT2D eigenvalue weighted by Crippen LogP contribution is 2.50. The van der Waals surface area contributed by atoms with E-state index < -0.39 is 0 Å². The number of imidazole rings is 1. The van der Waals surface area contributed by atoms with Gasteiger partial charge in [0.2, 0.25) is 0 Å². The van der Waals surface area contributed by atoms with Crippen molar-refractivity contribution in [2.75, 3.05) is 0 Å². The number of aromatic nitrogens is 2. The number of fused-ring (bicyclic) bond motifs is 14. The van der Waals surface area contributed by atoms with E-state index in [9.17, 15) is 0 Å². The topological polar surface area (TPSA) is 17.3 Å². The maximum atomic E-state index is 5.44. The molecule has 0 radical (unpaired) electrons. The number of pyridine rings is 1. The molecule has 1 unspecified atom stereocenters. The summed E-state index contributed by atoms with van der Waals surface area (Å²) in [4.78, 5) is 5.44. The Bertz CT molecular complexity index is 2560. The molecular formula is C43H28N2. The molecule has 0 N–H and O–H groups in total. The van der Waals surface area contributed by atoms with Crippen molar-refractivity contribution in [3.05, 3.63) is 163 Å². The van der Waals surface area contributed by atoms with Crippen molar-refractivity contribution in [1.82, 2.24) is 9.38 Å². The molecule has 2 aliphatic carbocycles. The lowest BCUT2D eigenvalue weighted by molar-refractivity contribution is 0.861. The fraction of sp³-hybridized carbons (Fsp3) is 0.0465. The van der Waals surface area contributed by atoms with Gasteiger partial charge in [-0.2, -0.15) is 0 Å². The van der Waals surface area contributed by atoms with E-state index in [0.29, 0.717) is 5.92 Å². The summed E-state index contributed by atoms with van der Waals surface area (Å²) < 4.78 is 2.42. The Morgan fingerprint density at radius 2 is 1.29 bits per heavy atom. The van der Waals surface area contributed by atoms with Gasteiger partial charge in [-0.1, -0.05) is 127 Å². The lowest BCUT2D eigenvalue weighted by Crippen LogP contribution is -2.12. The van der Waals surface area contributed by atoms with Gasteiger partial charge in [-0.15, -0.1) is 0 Å². The summed E-state index contributed by atoms with van der Waals surface area (Å²) in [6, 6.07) is 48.9. The summed E-state index contributed by atoms with van der Waals surface area (Å²) in [6.45, 7) is 0. The van der Waals surface area contributed by atoms with E-state index >= 15 is 0 Å². The SMILES string of the molecule is C1=CCC2C(=C1)c1nc3c4ccc(-c5ccc(-c6ccc7ccccc7c6)cc5)cc4c4ccccc4n3c1-c1ccccc12. The number of para-hydroxylation sites is 1. The summed E-state index contributed by atoms with van der Waals surface area (Å²) in [5.74, 6) is 0.352. The molecule has 2 aromatic heterocycles. The lowest BCUT2D eigenvalue weighted by atomic mass is 9.76. The van der Waals surface area contributed by atoms with Crippen LogP contribution < -0.4 is 0 Å². The zero-order chi connectivity index (χ0) is 29.5. The van der Waals surface area contributed by atoms with Crippen LogP contribution in [-0.4, -0.2) is 9.38 Å². The molecule has 45 heavy (non-hydrogen) atoms. The Morgan fingerprint density at radius 3 is 2.18 bits per heavy atom. The maximum Gasteiger partial charge on any atom is 0.146 e. The second-order valence-corrected chi connectivity index (χ2v) is 12.3. The molecule has 2 nitrogen and oxygen atoms in total. The first-order valence-electron chi connectivity index (χ1n) is 15.7. The van der Waals surface area contributed by atoms with Crippen molar-refractivity contribution >= 4 is 43.7 Å². The second kappa shape index (κ2) is 9.38. The molecule has 0 bridgehead atoms. The molecule has 0 fully saturated rings. The first kappa shape index (κ1) is 24.7. The Kier molecular flexibility index (Phi) is 5.15. The zero-order valence-electron chi connectivity index (χ0n) is 24.6. The van der Waals surface area contributed by atoms with E-state index in [1.165, 1.54) is 77.1 Å². The predicted octanol–water partition coefficient (Wildman–Crippen LogP) is 11.2. The highest BCUT2D eigenvalue weighted by atomic mass is 15.0. The predicted molar refractivity (Wildman–Crippen MR) is 188 cm³/mol. The van der Waals surface area contributed by atoms with Crippen LogP contribution in [0.5, 0.6) is 0 Å². The maximum absolute atomic E-state index is 5.44. The van der Waals surface area contributed by atoms with Gasteiger partial charge in [0, 0.05) is 22.3 Å². The first-order valence-corrected chi connectivity index (χ1v) is 15.7. The van der Waals surface area contributed by atoms with E-state index in [1.807, 2.05) is 0 Å². The molecule has 210 valence electrons. The van der Waals surface area contributed by atoms with Crippen LogP contribution in [0.3, 0.4) is 0 Å². The molecule has 0 aliphatic heterocycles. The average molecular weight is 573 g/mol. The summed E-state index contributed by atoms with van der Waals surface area (Å²) in [5, 5.41) is 6.19. The van der Waals surface area contributed by atoms with Gasteiger partial charge in [0.05, 0.1) is 16.9 Å². The van der Waals surface area contributed by atoms with Crippen LogP contribution in [0.15, 0.2) is 152 Å². The Morgan fingerprint density at radius 1 is 0.578 bits per heavy atom. The third-order valence-corrected chi connectivity index (χ3v) is 9.90. The summed E-state index contributed by atoms with van der Waals surface area (Å²) >= 11 is 0. The minimum Gasteiger partial charge on any atom is -0.291 e. The van der Waals surface area contributed by atoms with Crippen molar-refractivity contribution in [3.63, 3.8) is 0 Å². The molecule has 8 aromatic rings. The number of allylic oxidation sites excluding steroid dienone is 4. The van der Waals surface area contributed by atoms with Crippen LogP contribution in [0.4, 0.5) is 0 Å². The van der Waals surface area contributed by atoms with Crippen LogP contribution in [0.2, 0.25) is 0 Å². The van der Waals surface area contributed by atoms with Gasteiger partial charge < -0.3 is 0 Å². The van der Waals surface area contributed by atoms with Gasteiger partial charge in [0.25, 0.3) is 0 Å². The van der Waals surface area contributed by atoms with Crippen LogP contribution in [0.1, 0.15) is 23.6 Å². The quantitative estimate of drug-likeness (QED) is 0.188. The Labute approximate surface area is 261 Å². The second-order valence-electron chi connectivity index (χ2n) is 12.3. The van der Waals surface area contributed by atoms with Crippen molar-refractivity contribution in [1.29, 1.82) is 0 Å². The van der Waals surface area contributed by atoms with Crippen LogP contribution in [0.25, 0.3) is 77.2 Å². The molecule has 10 rings (SSSR count). The van der Waals surface area contributed by atoms with Crippen molar-refractivity contribution in [2.45, 2.75) is 12.3 Å². The third-order valence-electron chi connectivity index (χ3n) is 9.90. The van der Waals surface area contributed by atoms with Gasteiger partial charge in [0.15, 0.2) is 0 Å². The number of benzene rings is 6. The summed E-state index contributed by atoms with van der Waals surface area (Å²) in [7, 11) is 0. The molecule has 0 amide bonds. The highest BCUT2D eigenvalue weighted by molar-refractivity contribution is 6.14. The fourth-order valence-electron chi connectivity index (χ4n) is 7.73. The van der Waals surface area contributed by atoms with Crippen molar-refractivity contribution < 1.29 is 0 Å². The molecule has 2 heterocycles. The molecule has 2 heteroatoms. The Hall–Kier alpha value is -5.73. The van der Waals surface area contributed by atoms with E-state index in [1.54, 1.807) is 0 Å². The van der Waals surface area contributed by atoms with E-state index in [2.05, 4.69) is 156 Å². The van der Waals surface area contributed by atoms with Gasteiger partial charge >= 0.3 is 0 Å². The molecule has 0 saturated heterocycles. The van der Waals surface area contributed by atoms with Crippen LogP contribution >= 0.6 is 0 Å². The van der Waals surface area contributed by atoms with Crippen molar-refractivity contribution in [3.8, 4) is 33.5 Å². The minimum atomic E-state index is 0.352. The van der Waals surface area contributed by atoms with Gasteiger partial charge in [-0.25, -0.2) is 4.98 Å². The standard InChI is InChI=1S/C43H28N2/c1-2-10-30-25-31(22-21-27(30)9-1)28-17-19-29(20-18-28)32-23-24-38-39(26-32)35-13-7-8-16-40(35)45-42-37-15-6-4-12-34(37)33-11-3-5-14-36(33)41(42)44-43(38)45/h1-10,12-26,33H,11H2. The smallest absolute Gasteiger partial charge is 0.146 e. The Balaban J connectivity index is 1.16. The van der Waals surface area contributed by atoms with Gasteiger partial charge in [-0.3, -0.25) is 4.40 Å². The summed E-state index contributed by atoms with van der Waals surface area (Å²) in [5.41, 5.74) is 13.5. The average Bonchev–Trinajstić information content (AvgIpc) is 3.53. The lowest BCUT2D eigenvalue weighted by Gasteiger charge is -2.29. The molecule has 2 aliphatic rings. The largest absolute Gasteiger partial charge is 0.291 e. The monoisotopic (exact) mass is 572 g/mol. The van der Waals surface area contributed by atoms with E-state index in [0.717, 1.165) is 17.8 Å². The fourth-order valence-corrected chi connectivity index (χ4v) is 7.73. The van der Waals surface area contributed by atoms with E-state index in [-0.39, 0.29) is 0 Å². The molecule has 6 aromatic carbocycles. The molecule has 0 spiro atoms. The molecule has 1 atom stereocenters. The summed E-state index contributed by atoms with van der Waals surface area (Å²) in [6.07, 6.45) is 7.77. The zero-order valence-corrected chi connectivity index (χ0v) is 24.6. The van der Waals surface area contributed by atoms with Gasteiger partial charge in [-0.05, 0) is 80.2 Å². The van der Waals surface area contributed by atoms with Crippen LogP contribution in [0, 0.1) is 0 Å². The first-order chi connectivity index (χ1) is 22.3. The number of hydrogen-bond acceptors (Lipinski definition) is 1. The van der Waals surface area contributed by atoms with Crippen molar-refractivity contribution in [2.24, 2.45) is 0 Å². The third kappa shape index (κ3) is 3.60. The number of hydrogen-bond donors (Lipinski definition) is 0. The van der Waals surface area contributed by atoms with Crippen LogP contribution in [-0.2, 0) is 0 Å². The molecular weight excluding hydrogens is 544 g/mol. The normalized spacial score (nSPS) is 15.3. The van der Waals surface area contributed by atoms with Gasteiger partial charge in [0.1, 0.15) is 5.65 Å². The molecule has 0 saturated carbocycles. The number of nitrogens with zero attached hydrogens (tertiary/aromatic N) is 2. The minimum absolute atomic E-state index is 0.352. The van der Waals surface area contributed by atoms with E-state index in [4.69, 9.17) is 4.98 Å².